The molecule has 0 N–H and O–H groups in total. The second-order valence-corrected chi connectivity index (χ2v) is 3.21. The minimum absolute atomic E-state index is 0.0561. The first-order chi connectivity index (χ1) is 7.49. The quantitative estimate of drug-likeness (QED) is 0.738. The number of halogens is 2. The Bertz CT molecular complexity index is 439. The zero-order chi connectivity index (χ0) is 12.3. The summed E-state index contributed by atoms with van der Waals surface area (Å²) in [6.45, 7) is 6.56. The van der Waals surface area contributed by atoms with Crippen LogP contribution in [-0.4, -0.2) is 12.4 Å². The van der Waals surface area contributed by atoms with Crippen molar-refractivity contribution in [1.29, 1.82) is 0 Å². The molecule has 1 rings (SSSR count). The lowest BCUT2D eigenvalue weighted by Crippen LogP contribution is -2.02. The fraction of sp³-hybridized carbons (Fsp3) is 0.250. The molecule has 0 aliphatic rings. The van der Waals surface area contributed by atoms with Crippen LogP contribution in [0.5, 0.6) is 5.75 Å². The first-order valence-corrected chi connectivity index (χ1v) is 4.80. The Morgan fingerprint density at radius 1 is 1.38 bits per heavy atom. The van der Waals surface area contributed by atoms with E-state index in [4.69, 9.17) is 4.74 Å². The monoisotopic (exact) mass is 226 g/mol. The van der Waals surface area contributed by atoms with Crippen LogP contribution in [0.2, 0.25) is 0 Å². The van der Waals surface area contributed by atoms with Gasteiger partial charge < -0.3 is 4.74 Å². The van der Waals surface area contributed by atoms with Crippen molar-refractivity contribution in [1.82, 2.24) is 0 Å². The summed E-state index contributed by atoms with van der Waals surface area (Å²) in [6.07, 6.45) is 0. The summed E-state index contributed by atoms with van der Waals surface area (Å²) in [5, 5.41) is 0. The molecule has 16 heavy (non-hydrogen) atoms. The summed E-state index contributed by atoms with van der Waals surface area (Å²) in [5.74, 6) is -2.77. The average Bonchev–Trinajstić information content (AvgIpc) is 2.24. The topological polar surface area (TPSA) is 26.3 Å². The minimum atomic E-state index is -1.11. The van der Waals surface area contributed by atoms with Gasteiger partial charge in [0.05, 0.1) is 6.61 Å². The van der Waals surface area contributed by atoms with Crippen LogP contribution in [0.15, 0.2) is 18.7 Å². The first-order valence-electron chi connectivity index (χ1n) is 4.80. The highest BCUT2D eigenvalue weighted by Crippen LogP contribution is 2.26. The summed E-state index contributed by atoms with van der Waals surface area (Å²) in [5.41, 5.74) is -0.187. The van der Waals surface area contributed by atoms with Gasteiger partial charge in [-0.3, -0.25) is 4.79 Å². The molecule has 0 aromatic heterocycles. The summed E-state index contributed by atoms with van der Waals surface area (Å²) in [6, 6.07) is 2.57. The minimum Gasteiger partial charge on any atom is -0.491 e. The van der Waals surface area contributed by atoms with Crippen LogP contribution in [0.25, 0.3) is 5.57 Å². The van der Waals surface area contributed by atoms with Crippen LogP contribution in [0, 0.1) is 11.6 Å². The van der Waals surface area contributed by atoms with Gasteiger partial charge in [-0.15, -0.1) is 0 Å². The predicted molar refractivity (Wildman–Crippen MR) is 57.2 cm³/mol. The third kappa shape index (κ3) is 2.27. The number of carbonyl (C=O) groups is 1. The van der Waals surface area contributed by atoms with Gasteiger partial charge in [0.2, 0.25) is 5.82 Å². The van der Waals surface area contributed by atoms with Gasteiger partial charge in [-0.05, 0) is 26.0 Å². The van der Waals surface area contributed by atoms with E-state index in [1.54, 1.807) is 6.92 Å². The molecular formula is C12H12F2O2. The van der Waals surface area contributed by atoms with Crippen molar-refractivity contribution >= 4 is 11.4 Å². The van der Waals surface area contributed by atoms with Crippen LogP contribution in [0.1, 0.15) is 19.4 Å². The van der Waals surface area contributed by atoms with Crippen LogP contribution >= 0.6 is 0 Å². The lowest BCUT2D eigenvalue weighted by atomic mass is 10.0. The van der Waals surface area contributed by atoms with Crippen molar-refractivity contribution in [3.63, 3.8) is 0 Å². The summed E-state index contributed by atoms with van der Waals surface area (Å²) < 4.78 is 31.8. The molecule has 0 saturated heterocycles. The van der Waals surface area contributed by atoms with Crippen molar-refractivity contribution in [2.75, 3.05) is 6.61 Å². The zero-order valence-electron chi connectivity index (χ0n) is 9.14. The average molecular weight is 226 g/mol. The third-order valence-corrected chi connectivity index (χ3v) is 2.10. The van der Waals surface area contributed by atoms with Crippen LogP contribution in [0.3, 0.4) is 0 Å². The highest BCUT2D eigenvalue weighted by Gasteiger charge is 2.17. The summed E-state index contributed by atoms with van der Waals surface area (Å²) in [7, 11) is 0. The standard InChI is InChI=1S/C12H12F2O2/c1-4-16-10-6-5-9(7(2)8(3)15)11(13)12(10)14/h5-6H,2,4H2,1,3H3. The van der Waals surface area contributed by atoms with Crippen molar-refractivity contribution < 1.29 is 18.3 Å². The number of benzene rings is 1. The molecule has 0 atom stereocenters. The van der Waals surface area contributed by atoms with Gasteiger partial charge in [0, 0.05) is 11.1 Å². The molecule has 1 aromatic rings. The summed E-state index contributed by atoms with van der Waals surface area (Å²) >= 11 is 0. The highest BCUT2D eigenvalue weighted by molar-refractivity contribution is 6.18. The third-order valence-electron chi connectivity index (χ3n) is 2.10. The second-order valence-electron chi connectivity index (χ2n) is 3.21. The van der Waals surface area contributed by atoms with E-state index in [1.165, 1.54) is 19.1 Å². The molecule has 4 heteroatoms. The van der Waals surface area contributed by atoms with Gasteiger partial charge in [0.1, 0.15) is 0 Å². The van der Waals surface area contributed by atoms with Gasteiger partial charge in [-0.25, -0.2) is 4.39 Å². The van der Waals surface area contributed by atoms with E-state index in [9.17, 15) is 13.6 Å². The predicted octanol–water partition coefficient (Wildman–Crippen LogP) is 2.97. The van der Waals surface area contributed by atoms with Crippen molar-refractivity contribution in [2.24, 2.45) is 0 Å². The number of allylic oxidation sites excluding steroid dienone is 1. The highest BCUT2D eigenvalue weighted by atomic mass is 19.2. The molecule has 0 heterocycles. The lowest BCUT2D eigenvalue weighted by molar-refractivity contribution is -0.111. The Labute approximate surface area is 92.5 Å². The van der Waals surface area contributed by atoms with Crippen molar-refractivity contribution in [3.8, 4) is 5.75 Å². The molecular weight excluding hydrogens is 214 g/mol. The van der Waals surface area contributed by atoms with Gasteiger partial charge in [-0.2, -0.15) is 4.39 Å². The van der Waals surface area contributed by atoms with Crippen molar-refractivity contribution in [2.45, 2.75) is 13.8 Å². The SMILES string of the molecule is C=C(C(C)=O)c1ccc(OCC)c(F)c1F. The van der Waals surface area contributed by atoms with E-state index in [2.05, 4.69) is 6.58 Å². The molecule has 0 amide bonds. The molecule has 0 fully saturated rings. The largest absolute Gasteiger partial charge is 0.491 e. The number of rotatable bonds is 4. The Hall–Kier alpha value is -1.71. The molecule has 2 nitrogen and oxygen atoms in total. The molecule has 0 radical (unpaired) electrons. The first kappa shape index (κ1) is 12.4. The molecule has 86 valence electrons. The van der Waals surface area contributed by atoms with E-state index in [-0.39, 0.29) is 23.5 Å². The van der Waals surface area contributed by atoms with Gasteiger partial charge >= 0.3 is 0 Å². The summed E-state index contributed by atoms with van der Waals surface area (Å²) in [4.78, 5) is 11.0. The fourth-order valence-electron chi connectivity index (χ4n) is 1.22. The molecule has 0 bridgehead atoms. The van der Waals surface area contributed by atoms with E-state index < -0.39 is 17.4 Å². The number of hydrogen-bond acceptors (Lipinski definition) is 2. The van der Waals surface area contributed by atoms with E-state index >= 15 is 0 Å². The maximum absolute atomic E-state index is 13.5. The van der Waals surface area contributed by atoms with E-state index in [0.29, 0.717) is 0 Å². The maximum Gasteiger partial charge on any atom is 0.201 e. The Kier molecular flexibility index (Phi) is 3.77. The Morgan fingerprint density at radius 3 is 2.50 bits per heavy atom. The number of hydrogen-bond donors (Lipinski definition) is 0. The van der Waals surface area contributed by atoms with E-state index in [1.807, 2.05) is 0 Å². The maximum atomic E-state index is 13.5. The van der Waals surface area contributed by atoms with Gasteiger partial charge in [0.25, 0.3) is 0 Å². The fourth-order valence-corrected chi connectivity index (χ4v) is 1.22. The number of carbonyl (C=O) groups excluding carboxylic acids is 1. The van der Waals surface area contributed by atoms with Crippen molar-refractivity contribution in [3.05, 3.63) is 35.9 Å². The Balaban J connectivity index is 3.21. The zero-order valence-corrected chi connectivity index (χ0v) is 9.14. The van der Waals surface area contributed by atoms with Crippen LogP contribution in [0.4, 0.5) is 8.78 Å². The number of ether oxygens (including phenoxy) is 1. The molecule has 0 aliphatic heterocycles. The number of Topliss-reactive ketones (excluding diaryl/α,β-unsaturated/α-hetero) is 1. The molecule has 0 saturated carbocycles. The van der Waals surface area contributed by atoms with Gasteiger partial charge in [0.15, 0.2) is 17.3 Å². The van der Waals surface area contributed by atoms with E-state index in [0.717, 1.165) is 0 Å². The molecule has 0 aliphatic carbocycles. The Morgan fingerprint density at radius 2 is 2.00 bits per heavy atom. The van der Waals surface area contributed by atoms with Crippen LogP contribution < -0.4 is 4.74 Å². The lowest BCUT2D eigenvalue weighted by Gasteiger charge is -2.09. The second kappa shape index (κ2) is 4.88. The van der Waals surface area contributed by atoms with Crippen LogP contribution in [-0.2, 0) is 4.79 Å². The number of ketones is 1. The molecule has 1 aromatic carbocycles. The molecule has 0 spiro atoms. The normalized spacial score (nSPS) is 10.0. The smallest absolute Gasteiger partial charge is 0.201 e. The van der Waals surface area contributed by atoms with Gasteiger partial charge in [-0.1, -0.05) is 6.58 Å². The molecule has 0 unspecified atom stereocenters.